The molecule has 4 rings (SSSR count). The van der Waals surface area contributed by atoms with Crippen LogP contribution in [0.5, 0.6) is 5.75 Å². The van der Waals surface area contributed by atoms with Crippen molar-refractivity contribution in [2.24, 2.45) is 0 Å². The van der Waals surface area contributed by atoms with Crippen LogP contribution in [0.4, 0.5) is 0 Å². The van der Waals surface area contributed by atoms with Gasteiger partial charge in [-0.3, -0.25) is 9.78 Å². The first-order valence-corrected chi connectivity index (χ1v) is 10.5. The monoisotopic (exact) mass is 404 g/mol. The molecule has 1 saturated heterocycles. The van der Waals surface area contributed by atoms with E-state index in [1.165, 1.54) is 0 Å². The molecule has 0 spiro atoms. The number of hydrogen-bond donors (Lipinski definition) is 1. The third-order valence-corrected chi connectivity index (χ3v) is 6.05. The van der Waals surface area contributed by atoms with Crippen LogP contribution < -0.4 is 4.74 Å². The molecule has 0 bridgehead atoms. The van der Waals surface area contributed by atoms with Crippen LogP contribution in [0.3, 0.4) is 0 Å². The number of β-amino-alcohol motifs (C(OH)–C–C–N with tert-alkyl or cyclic N) is 1. The fraction of sp³-hybridized carbons (Fsp3) is 0.360. The predicted octanol–water partition coefficient (Wildman–Crippen LogP) is 3.99. The zero-order valence-corrected chi connectivity index (χ0v) is 17.6. The van der Waals surface area contributed by atoms with Crippen molar-refractivity contribution in [2.45, 2.75) is 38.7 Å². The second-order valence-corrected chi connectivity index (χ2v) is 8.20. The molecule has 0 saturated carbocycles. The molecule has 1 amide bonds. The van der Waals surface area contributed by atoms with Gasteiger partial charge in [0.2, 0.25) is 5.91 Å². The molecule has 1 fully saturated rings. The molecule has 1 aromatic heterocycles. The molecule has 5 nitrogen and oxygen atoms in total. The third kappa shape index (κ3) is 3.90. The predicted molar refractivity (Wildman–Crippen MR) is 118 cm³/mol. The highest BCUT2D eigenvalue weighted by Gasteiger charge is 2.40. The normalized spacial score (nSPS) is 19.3. The number of carbonyl (C=O) groups is 1. The van der Waals surface area contributed by atoms with Gasteiger partial charge in [0.1, 0.15) is 12.4 Å². The molecule has 1 aliphatic heterocycles. The Hall–Kier alpha value is -2.92. The van der Waals surface area contributed by atoms with E-state index in [1.54, 1.807) is 4.90 Å². The molecule has 0 radical (unpaired) electrons. The van der Waals surface area contributed by atoms with Gasteiger partial charge in [0, 0.05) is 29.7 Å². The summed E-state index contributed by atoms with van der Waals surface area (Å²) in [5, 5.41) is 10.3. The van der Waals surface area contributed by atoms with Gasteiger partial charge >= 0.3 is 0 Å². The van der Waals surface area contributed by atoms with Crippen molar-refractivity contribution in [3.05, 3.63) is 71.4 Å². The maximum atomic E-state index is 13.0. The minimum atomic E-state index is -0.551. The number of aliphatic hydroxyl groups excluding tert-OH is 1. The summed E-state index contributed by atoms with van der Waals surface area (Å²) < 4.78 is 6.06. The van der Waals surface area contributed by atoms with Crippen LogP contribution in [0.15, 0.2) is 54.6 Å². The van der Waals surface area contributed by atoms with Gasteiger partial charge in [0.25, 0.3) is 0 Å². The standard InChI is InChI=1S/C25H28N2O3/c1-18-16-19(22-6-3-4-7-23(22)26-18)17-30-21-10-8-20(9-11-21)25(2)12-5-13-27(14-15-28)24(25)29/h3-4,6-11,16,28H,5,12-15,17H2,1-2H3. The number of aryl methyl sites for hydroxylation is 1. The quantitative estimate of drug-likeness (QED) is 0.675. The Labute approximate surface area is 177 Å². The van der Waals surface area contributed by atoms with Crippen molar-refractivity contribution in [2.75, 3.05) is 19.7 Å². The van der Waals surface area contributed by atoms with Gasteiger partial charge in [-0.1, -0.05) is 30.3 Å². The highest BCUT2D eigenvalue weighted by Crippen LogP contribution is 2.35. The van der Waals surface area contributed by atoms with E-state index in [2.05, 4.69) is 17.1 Å². The van der Waals surface area contributed by atoms with Crippen LogP contribution in [0.1, 0.15) is 36.6 Å². The highest BCUT2D eigenvalue weighted by atomic mass is 16.5. The Morgan fingerprint density at radius 3 is 2.70 bits per heavy atom. The van der Waals surface area contributed by atoms with Gasteiger partial charge < -0.3 is 14.7 Å². The third-order valence-electron chi connectivity index (χ3n) is 6.05. The van der Waals surface area contributed by atoms with Gasteiger partial charge in [0.15, 0.2) is 0 Å². The number of benzene rings is 2. The maximum Gasteiger partial charge on any atom is 0.233 e. The number of para-hydroxylation sites is 1. The molecular formula is C25H28N2O3. The number of nitrogens with zero attached hydrogens (tertiary/aromatic N) is 2. The minimum absolute atomic E-state index is 0.00222. The summed E-state index contributed by atoms with van der Waals surface area (Å²) in [6, 6.07) is 18.0. The largest absolute Gasteiger partial charge is 0.489 e. The number of amides is 1. The van der Waals surface area contributed by atoms with Crippen molar-refractivity contribution < 1.29 is 14.6 Å². The molecule has 1 atom stereocenters. The SMILES string of the molecule is Cc1cc(COc2ccc(C3(C)CCCN(CCO)C3=O)cc2)c2ccccc2n1. The van der Waals surface area contributed by atoms with E-state index in [1.807, 2.05) is 56.3 Å². The second kappa shape index (κ2) is 8.44. The Morgan fingerprint density at radius 2 is 1.93 bits per heavy atom. The molecule has 0 aliphatic carbocycles. The first-order chi connectivity index (χ1) is 14.5. The van der Waals surface area contributed by atoms with Crippen LogP contribution >= 0.6 is 0 Å². The topological polar surface area (TPSA) is 62.7 Å². The molecule has 30 heavy (non-hydrogen) atoms. The van der Waals surface area contributed by atoms with Gasteiger partial charge in [-0.2, -0.15) is 0 Å². The zero-order chi connectivity index (χ0) is 21.1. The Balaban J connectivity index is 1.50. The molecule has 3 aromatic rings. The van der Waals surface area contributed by atoms with E-state index < -0.39 is 5.41 Å². The van der Waals surface area contributed by atoms with Crippen LogP contribution in [0, 0.1) is 6.92 Å². The molecule has 2 aromatic carbocycles. The summed E-state index contributed by atoms with van der Waals surface area (Å²) in [5.41, 5.74) is 3.50. The van der Waals surface area contributed by atoms with Crippen LogP contribution in [-0.2, 0) is 16.8 Å². The number of ether oxygens (including phenoxy) is 1. The van der Waals surface area contributed by atoms with Crippen molar-refractivity contribution in [3.63, 3.8) is 0 Å². The lowest BCUT2D eigenvalue weighted by Crippen LogP contribution is -2.50. The van der Waals surface area contributed by atoms with Gasteiger partial charge in [-0.25, -0.2) is 0 Å². The number of rotatable bonds is 6. The molecular weight excluding hydrogens is 376 g/mol. The summed E-state index contributed by atoms with van der Waals surface area (Å²) >= 11 is 0. The molecule has 156 valence electrons. The Kier molecular flexibility index (Phi) is 5.73. The smallest absolute Gasteiger partial charge is 0.233 e. The highest BCUT2D eigenvalue weighted by molar-refractivity contribution is 5.88. The second-order valence-electron chi connectivity index (χ2n) is 8.20. The first kappa shape index (κ1) is 20.4. The van der Waals surface area contributed by atoms with Crippen LogP contribution in [0.2, 0.25) is 0 Å². The van der Waals surface area contributed by atoms with E-state index >= 15 is 0 Å². The summed E-state index contributed by atoms with van der Waals surface area (Å²) in [5.74, 6) is 0.867. The van der Waals surface area contributed by atoms with E-state index in [0.717, 1.165) is 52.9 Å². The van der Waals surface area contributed by atoms with E-state index in [0.29, 0.717) is 13.2 Å². The number of pyridine rings is 1. The van der Waals surface area contributed by atoms with Crippen molar-refractivity contribution in [1.82, 2.24) is 9.88 Å². The molecule has 5 heteroatoms. The number of piperidine rings is 1. The van der Waals surface area contributed by atoms with Crippen LogP contribution in [0.25, 0.3) is 10.9 Å². The maximum absolute atomic E-state index is 13.0. The van der Waals surface area contributed by atoms with E-state index in [9.17, 15) is 9.90 Å². The lowest BCUT2D eigenvalue weighted by Gasteiger charge is -2.39. The van der Waals surface area contributed by atoms with Crippen molar-refractivity contribution in [3.8, 4) is 5.75 Å². The summed E-state index contributed by atoms with van der Waals surface area (Å²) in [6.07, 6.45) is 1.76. The van der Waals surface area contributed by atoms with Crippen LogP contribution in [-0.4, -0.2) is 40.6 Å². The van der Waals surface area contributed by atoms with Crippen molar-refractivity contribution >= 4 is 16.8 Å². The number of fused-ring (bicyclic) bond motifs is 1. The number of carbonyl (C=O) groups excluding carboxylic acids is 1. The average molecular weight is 405 g/mol. The number of hydrogen-bond acceptors (Lipinski definition) is 4. The molecule has 1 N–H and O–H groups in total. The Bertz CT molecular complexity index is 1050. The van der Waals surface area contributed by atoms with Crippen molar-refractivity contribution in [1.29, 1.82) is 0 Å². The summed E-state index contributed by atoms with van der Waals surface area (Å²) in [7, 11) is 0. The number of aliphatic hydroxyl groups is 1. The fourth-order valence-corrected chi connectivity index (χ4v) is 4.38. The fourth-order valence-electron chi connectivity index (χ4n) is 4.38. The molecule has 1 aliphatic rings. The van der Waals surface area contributed by atoms with E-state index in [-0.39, 0.29) is 12.5 Å². The van der Waals surface area contributed by atoms with Gasteiger partial charge in [-0.05, 0) is 56.5 Å². The zero-order valence-electron chi connectivity index (χ0n) is 17.6. The van der Waals surface area contributed by atoms with E-state index in [4.69, 9.17) is 4.74 Å². The Morgan fingerprint density at radius 1 is 1.17 bits per heavy atom. The molecule has 2 heterocycles. The summed E-state index contributed by atoms with van der Waals surface area (Å²) in [6.45, 7) is 5.57. The lowest BCUT2D eigenvalue weighted by molar-refractivity contribution is -0.140. The van der Waals surface area contributed by atoms with Gasteiger partial charge in [0.05, 0.1) is 17.5 Å². The average Bonchev–Trinajstić information content (AvgIpc) is 2.76. The molecule has 1 unspecified atom stereocenters. The lowest BCUT2D eigenvalue weighted by atomic mass is 9.75. The minimum Gasteiger partial charge on any atom is -0.489 e. The van der Waals surface area contributed by atoms with Gasteiger partial charge in [-0.15, -0.1) is 0 Å². The first-order valence-electron chi connectivity index (χ1n) is 10.5. The number of aromatic nitrogens is 1. The number of likely N-dealkylation sites (tertiary alicyclic amines) is 1. The summed E-state index contributed by atoms with van der Waals surface area (Å²) in [4.78, 5) is 19.3.